The van der Waals surface area contributed by atoms with Crippen molar-refractivity contribution >= 4 is 5.78 Å². The number of carbonyl (C=O) groups excluding carboxylic acids is 1. The van der Waals surface area contributed by atoms with Crippen molar-refractivity contribution < 1.29 is 4.79 Å². The molecule has 1 saturated carbocycles. The van der Waals surface area contributed by atoms with Crippen molar-refractivity contribution in [2.24, 2.45) is 5.41 Å². The molecule has 2 atom stereocenters. The quantitative estimate of drug-likeness (QED) is 0.744. The van der Waals surface area contributed by atoms with E-state index in [4.69, 9.17) is 0 Å². The van der Waals surface area contributed by atoms with Crippen LogP contribution in [0.4, 0.5) is 0 Å². The summed E-state index contributed by atoms with van der Waals surface area (Å²) in [6.07, 6.45) is 7.94. The summed E-state index contributed by atoms with van der Waals surface area (Å²) in [5.41, 5.74) is 1.24. The molecule has 0 saturated heterocycles. The second-order valence-corrected chi connectivity index (χ2v) is 5.07. The van der Waals surface area contributed by atoms with Gasteiger partial charge in [-0.25, -0.2) is 0 Å². The average Bonchev–Trinajstić information content (AvgIpc) is 2.59. The lowest BCUT2D eigenvalue weighted by Gasteiger charge is -2.37. The van der Waals surface area contributed by atoms with Crippen LogP contribution in [0.15, 0.2) is 24.3 Å². The van der Waals surface area contributed by atoms with Crippen LogP contribution in [-0.4, -0.2) is 18.4 Å². The zero-order valence-corrected chi connectivity index (χ0v) is 11.4. The first-order valence-electron chi connectivity index (χ1n) is 6.64. The number of hydrogen-bond donors (Lipinski definition) is 1. The zero-order valence-electron chi connectivity index (χ0n) is 11.4. The Bertz CT molecular complexity index is 319. The van der Waals surface area contributed by atoms with Crippen LogP contribution in [0.2, 0.25) is 0 Å². The van der Waals surface area contributed by atoms with Crippen molar-refractivity contribution in [3.05, 3.63) is 24.3 Å². The number of fused-ring (bicyclic) bond motifs is 1. The second kappa shape index (κ2) is 6.15. The van der Waals surface area contributed by atoms with Crippen molar-refractivity contribution in [2.75, 3.05) is 6.54 Å². The van der Waals surface area contributed by atoms with E-state index < -0.39 is 0 Å². The van der Waals surface area contributed by atoms with E-state index in [1.165, 1.54) is 6.42 Å². The van der Waals surface area contributed by atoms with Gasteiger partial charge in [-0.3, -0.25) is 4.79 Å². The number of nitrogens with one attached hydrogen (secondary N) is 1. The molecule has 0 amide bonds. The van der Waals surface area contributed by atoms with Crippen molar-refractivity contribution in [3.63, 3.8) is 0 Å². The molecular formula is C15H25NO. The van der Waals surface area contributed by atoms with Gasteiger partial charge in [0.1, 0.15) is 0 Å². The molecule has 0 aliphatic heterocycles. The Morgan fingerprint density at radius 2 is 2.29 bits per heavy atom. The van der Waals surface area contributed by atoms with Crippen LogP contribution in [0, 0.1) is 5.41 Å². The third-order valence-electron chi connectivity index (χ3n) is 3.79. The minimum absolute atomic E-state index is 0.130. The lowest BCUT2D eigenvalue weighted by Crippen LogP contribution is -2.44. The lowest BCUT2D eigenvalue weighted by molar-refractivity contribution is -0.118. The van der Waals surface area contributed by atoms with E-state index >= 15 is 0 Å². The Morgan fingerprint density at radius 1 is 1.65 bits per heavy atom. The number of hydrogen-bond acceptors (Lipinski definition) is 2. The van der Waals surface area contributed by atoms with E-state index in [1.54, 1.807) is 6.08 Å². The van der Waals surface area contributed by atoms with Crippen LogP contribution >= 0.6 is 0 Å². The summed E-state index contributed by atoms with van der Waals surface area (Å²) in [6.45, 7) is 10.6. The van der Waals surface area contributed by atoms with Crippen molar-refractivity contribution in [1.82, 2.24) is 5.32 Å². The maximum absolute atomic E-state index is 11.7. The van der Waals surface area contributed by atoms with E-state index in [-0.39, 0.29) is 5.41 Å². The van der Waals surface area contributed by atoms with Crippen LogP contribution in [0.25, 0.3) is 0 Å². The molecule has 0 aromatic carbocycles. The molecule has 2 heteroatoms. The van der Waals surface area contributed by atoms with E-state index in [9.17, 15) is 4.79 Å². The molecule has 2 unspecified atom stereocenters. The molecule has 0 aromatic heterocycles. The molecule has 0 radical (unpaired) electrons. The molecule has 2 aliphatic carbocycles. The van der Waals surface area contributed by atoms with Gasteiger partial charge in [0.05, 0.1) is 0 Å². The number of rotatable bonds is 2. The first-order valence-corrected chi connectivity index (χ1v) is 6.64. The number of allylic oxidation sites excluding steroid dienone is 1. The third-order valence-corrected chi connectivity index (χ3v) is 3.79. The Balaban J connectivity index is 0.000000437. The first kappa shape index (κ1) is 14.2. The summed E-state index contributed by atoms with van der Waals surface area (Å²) in [7, 11) is 0. The highest BCUT2D eigenvalue weighted by molar-refractivity contribution is 5.98. The highest BCUT2D eigenvalue weighted by Gasteiger charge is 2.45. The van der Waals surface area contributed by atoms with Gasteiger partial charge >= 0.3 is 0 Å². The van der Waals surface area contributed by atoms with Gasteiger partial charge in [-0.05, 0) is 38.3 Å². The van der Waals surface area contributed by atoms with Gasteiger partial charge in [0, 0.05) is 17.9 Å². The molecule has 2 nitrogen and oxygen atoms in total. The molecule has 2 rings (SSSR count). The van der Waals surface area contributed by atoms with Gasteiger partial charge in [0.25, 0.3) is 0 Å². The van der Waals surface area contributed by atoms with E-state index in [0.29, 0.717) is 11.8 Å². The summed E-state index contributed by atoms with van der Waals surface area (Å²) in [6, 6.07) is 0.492. The van der Waals surface area contributed by atoms with Gasteiger partial charge in [0.15, 0.2) is 5.78 Å². The zero-order chi connectivity index (χ0) is 12.9. The molecule has 0 heterocycles. The fraction of sp³-hybridized carbons (Fsp3) is 0.667. The predicted molar refractivity (Wildman–Crippen MR) is 73.0 cm³/mol. The predicted octanol–water partition coefficient (Wildman–Crippen LogP) is 3.25. The fourth-order valence-electron chi connectivity index (χ4n) is 2.96. The summed E-state index contributed by atoms with van der Waals surface area (Å²) in [4.78, 5) is 11.7. The second-order valence-electron chi connectivity index (χ2n) is 5.07. The molecule has 0 bridgehead atoms. The van der Waals surface area contributed by atoms with Crippen LogP contribution in [0.1, 0.15) is 46.5 Å². The smallest absolute Gasteiger partial charge is 0.159 e. The van der Waals surface area contributed by atoms with E-state index in [2.05, 4.69) is 31.8 Å². The van der Waals surface area contributed by atoms with E-state index in [1.807, 2.05) is 6.92 Å². The normalized spacial score (nSPS) is 31.1. The fourth-order valence-corrected chi connectivity index (χ4v) is 2.96. The maximum atomic E-state index is 11.7. The molecular weight excluding hydrogens is 210 g/mol. The minimum Gasteiger partial charge on any atom is -0.313 e. The Hall–Kier alpha value is -0.890. The largest absolute Gasteiger partial charge is 0.313 e. The van der Waals surface area contributed by atoms with Gasteiger partial charge in [-0.15, -0.1) is 6.58 Å². The molecule has 1 fully saturated rings. The summed E-state index contributed by atoms with van der Waals surface area (Å²) >= 11 is 0. The van der Waals surface area contributed by atoms with Gasteiger partial charge in [0.2, 0.25) is 0 Å². The summed E-state index contributed by atoms with van der Waals surface area (Å²) < 4.78 is 0. The monoisotopic (exact) mass is 235 g/mol. The van der Waals surface area contributed by atoms with Crippen LogP contribution in [-0.2, 0) is 4.79 Å². The standard InChI is InChI=1S/C12H19NO.C3H6/c1-3-13-11-7-6-9-10(14)5-4-8-12(9,11)2;1-3-2/h6,11,13H,3-5,7-8H2,1-2H3;3H,1H2,2H3. The average molecular weight is 235 g/mol. The number of ketones is 1. The van der Waals surface area contributed by atoms with Crippen molar-refractivity contribution in [3.8, 4) is 0 Å². The first-order chi connectivity index (χ1) is 8.10. The Labute approximate surface area is 105 Å². The summed E-state index contributed by atoms with van der Waals surface area (Å²) in [5.74, 6) is 0.388. The topological polar surface area (TPSA) is 29.1 Å². The summed E-state index contributed by atoms with van der Waals surface area (Å²) in [5, 5.41) is 3.50. The Morgan fingerprint density at radius 3 is 2.88 bits per heavy atom. The van der Waals surface area contributed by atoms with E-state index in [0.717, 1.165) is 31.4 Å². The molecule has 0 spiro atoms. The highest BCUT2D eigenvalue weighted by atomic mass is 16.1. The van der Waals surface area contributed by atoms with Crippen molar-refractivity contribution in [2.45, 2.75) is 52.5 Å². The minimum atomic E-state index is 0.130. The van der Waals surface area contributed by atoms with Crippen molar-refractivity contribution in [1.29, 1.82) is 0 Å². The SMILES string of the molecule is C=CC.CCNC1CC=C2C(=O)CCCC21C. The van der Waals surface area contributed by atoms with Gasteiger partial charge in [-0.1, -0.05) is 26.0 Å². The van der Waals surface area contributed by atoms with Gasteiger partial charge < -0.3 is 5.32 Å². The molecule has 2 aliphatic rings. The van der Waals surface area contributed by atoms with Crippen LogP contribution < -0.4 is 5.32 Å². The number of carbonyl (C=O) groups is 1. The van der Waals surface area contributed by atoms with Crippen LogP contribution in [0.5, 0.6) is 0 Å². The van der Waals surface area contributed by atoms with Gasteiger partial charge in [-0.2, -0.15) is 0 Å². The third kappa shape index (κ3) is 2.86. The maximum Gasteiger partial charge on any atom is 0.159 e. The molecule has 1 N–H and O–H groups in total. The lowest BCUT2D eigenvalue weighted by atomic mass is 9.70. The molecule has 0 aromatic rings. The number of Topliss-reactive ketones (excluding diaryl/α,β-unsaturated/α-hetero) is 1. The molecule has 17 heavy (non-hydrogen) atoms. The van der Waals surface area contributed by atoms with Crippen LogP contribution in [0.3, 0.4) is 0 Å². The molecule has 96 valence electrons. The Kier molecular flexibility index (Phi) is 5.13. The highest BCUT2D eigenvalue weighted by Crippen LogP contribution is 2.46.